The maximum atomic E-state index is 13.2. The van der Waals surface area contributed by atoms with E-state index in [1.165, 1.54) is 23.5 Å². The Morgan fingerprint density at radius 2 is 2.07 bits per heavy atom. The molecule has 0 bridgehead atoms. The zero-order chi connectivity index (χ0) is 10.7. The fraction of sp³-hybridized carbons (Fsp3) is 0. The van der Waals surface area contributed by atoms with Crippen LogP contribution in [0.15, 0.2) is 41.1 Å². The summed E-state index contributed by atoms with van der Waals surface area (Å²) in [6, 6.07) is 7.78. The highest BCUT2D eigenvalue weighted by Gasteiger charge is 2.08. The molecule has 0 spiro atoms. The molecule has 0 fully saturated rings. The number of hydrogen-bond acceptors (Lipinski definition) is 2. The molecular formula is C11H8FNOS. The van der Waals surface area contributed by atoms with Crippen LogP contribution in [0.1, 0.15) is 10.4 Å². The van der Waals surface area contributed by atoms with Crippen LogP contribution < -0.4 is 5.32 Å². The number of thiophene rings is 1. The average molecular weight is 221 g/mol. The Morgan fingerprint density at radius 3 is 2.73 bits per heavy atom. The van der Waals surface area contributed by atoms with Gasteiger partial charge in [0.15, 0.2) is 0 Å². The van der Waals surface area contributed by atoms with Crippen LogP contribution in [0, 0.1) is 5.82 Å². The monoisotopic (exact) mass is 221 g/mol. The molecular weight excluding hydrogens is 213 g/mol. The number of para-hydroxylation sites is 1. The number of carbonyl (C=O) groups is 1. The highest BCUT2D eigenvalue weighted by molar-refractivity contribution is 7.08. The number of hydrogen-bond donors (Lipinski definition) is 1. The summed E-state index contributed by atoms with van der Waals surface area (Å²) in [6.07, 6.45) is 0. The standard InChI is InChI=1S/C11H8FNOS/c12-9-3-1-2-4-10(9)13-11(14)8-5-6-15-7-8/h1-7H,(H,13,14). The summed E-state index contributed by atoms with van der Waals surface area (Å²) in [6.45, 7) is 0. The topological polar surface area (TPSA) is 29.1 Å². The second kappa shape index (κ2) is 4.23. The predicted octanol–water partition coefficient (Wildman–Crippen LogP) is 3.14. The van der Waals surface area contributed by atoms with E-state index in [2.05, 4.69) is 5.32 Å². The van der Waals surface area contributed by atoms with Gasteiger partial charge in [-0.05, 0) is 23.6 Å². The molecule has 0 unspecified atom stereocenters. The van der Waals surface area contributed by atoms with Gasteiger partial charge < -0.3 is 5.32 Å². The first-order valence-electron chi connectivity index (χ1n) is 4.35. The number of carbonyl (C=O) groups excluding carboxylic acids is 1. The minimum Gasteiger partial charge on any atom is -0.319 e. The molecule has 1 aromatic heterocycles. The molecule has 0 saturated carbocycles. The molecule has 0 aliphatic carbocycles. The Hall–Kier alpha value is -1.68. The lowest BCUT2D eigenvalue weighted by molar-refractivity contribution is 0.102. The van der Waals surface area contributed by atoms with E-state index in [-0.39, 0.29) is 11.6 Å². The van der Waals surface area contributed by atoms with E-state index in [9.17, 15) is 9.18 Å². The van der Waals surface area contributed by atoms with Crippen LogP contribution >= 0.6 is 11.3 Å². The molecule has 2 aromatic rings. The van der Waals surface area contributed by atoms with Gasteiger partial charge in [-0.1, -0.05) is 12.1 Å². The highest BCUT2D eigenvalue weighted by Crippen LogP contribution is 2.14. The van der Waals surface area contributed by atoms with E-state index < -0.39 is 5.82 Å². The van der Waals surface area contributed by atoms with Crippen molar-refractivity contribution in [1.29, 1.82) is 0 Å². The third-order valence-electron chi connectivity index (χ3n) is 1.91. The summed E-state index contributed by atoms with van der Waals surface area (Å²) in [5.74, 6) is -0.720. The van der Waals surface area contributed by atoms with E-state index in [0.717, 1.165) is 0 Å². The van der Waals surface area contributed by atoms with Crippen LogP contribution in [-0.2, 0) is 0 Å². The molecule has 2 rings (SSSR count). The second-order valence-electron chi connectivity index (χ2n) is 2.95. The number of anilines is 1. The molecule has 0 saturated heterocycles. The second-order valence-corrected chi connectivity index (χ2v) is 3.73. The summed E-state index contributed by atoms with van der Waals surface area (Å²) in [4.78, 5) is 11.6. The van der Waals surface area contributed by atoms with E-state index in [0.29, 0.717) is 5.56 Å². The third-order valence-corrected chi connectivity index (χ3v) is 2.59. The fourth-order valence-corrected chi connectivity index (χ4v) is 1.79. The van der Waals surface area contributed by atoms with Crippen LogP contribution in [-0.4, -0.2) is 5.91 Å². The number of nitrogens with one attached hydrogen (secondary N) is 1. The normalized spacial score (nSPS) is 9.93. The van der Waals surface area contributed by atoms with Crippen LogP contribution in [0.2, 0.25) is 0 Å². The molecule has 1 heterocycles. The average Bonchev–Trinajstić information content (AvgIpc) is 2.74. The first kappa shape index (κ1) is 9.86. The van der Waals surface area contributed by atoms with Gasteiger partial charge in [-0.3, -0.25) is 4.79 Å². The molecule has 0 aliphatic rings. The zero-order valence-corrected chi connectivity index (χ0v) is 8.55. The van der Waals surface area contributed by atoms with Crippen molar-refractivity contribution in [2.24, 2.45) is 0 Å². The lowest BCUT2D eigenvalue weighted by Crippen LogP contribution is -2.11. The summed E-state index contributed by atoms with van der Waals surface area (Å²) in [5.41, 5.74) is 0.747. The predicted molar refractivity (Wildman–Crippen MR) is 58.7 cm³/mol. The Morgan fingerprint density at radius 1 is 1.27 bits per heavy atom. The van der Waals surface area contributed by atoms with Crippen LogP contribution in [0.4, 0.5) is 10.1 Å². The van der Waals surface area contributed by atoms with Gasteiger partial charge in [-0.15, -0.1) is 0 Å². The lowest BCUT2D eigenvalue weighted by Gasteiger charge is -2.04. The molecule has 1 amide bonds. The minimum atomic E-state index is -0.430. The lowest BCUT2D eigenvalue weighted by atomic mass is 10.2. The molecule has 4 heteroatoms. The number of amides is 1. The smallest absolute Gasteiger partial charge is 0.256 e. The molecule has 1 aromatic carbocycles. The Kier molecular flexibility index (Phi) is 2.78. The minimum absolute atomic E-state index is 0.202. The maximum absolute atomic E-state index is 13.2. The van der Waals surface area contributed by atoms with Crippen molar-refractivity contribution in [1.82, 2.24) is 0 Å². The van der Waals surface area contributed by atoms with Gasteiger partial charge in [0.1, 0.15) is 5.82 Å². The summed E-state index contributed by atoms with van der Waals surface area (Å²) >= 11 is 1.43. The van der Waals surface area contributed by atoms with Crippen LogP contribution in [0.3, 0.4) is 0 Å². The number of benzene rings is 1. The van der Waals surface area contributed by atoms with Crippen LogP contribution in [0.5, 0.6) is 0 Å². The Bertz CT molecular complexity index is 467. The molecule has 0 aliphatic heterocycles. The van der Waals surface area contributed by atoms with Crippen molar-refractivity contribution in [3.8, 4) is 0 Å². The third kappa shape index (κ3) is 2.22. The molecule has 1 N–H and O–H groups in total. The quantitative estimate of drug-likeness (QED) is 0.829. The largest absolute Gasteiger partial charge is 0.319 e. The maximum Gasteiger partial charge on any atom is 0.256 e. The van der Waals surface area contributed by atoms with Crippen molar-refractivity contribution in [3.63, 3.8) is 0 Å². The first-order valence-corrected chi connectivity index (χ1v) is 5.30. The highest BCUT2D eigenvalue weighted by atomic mass is 32.1. The summed E-state index contributed by atoms with van der Waals surface area (Å²) in [5, 5.41) is 6.03. The molecule has 0 atom stereocenters. The fourth-order valence-electron chi connectivity index (χ4n) is 1.15. The van der Waals surface area contributed by atoms with Gasteiger partial charge in [0, 0.05) is 5.38 Å². The van der Waals surface area contributed by atoms with Gasteiger partial charge in [-0.2, -0.15) is 11.3 Å². The van der Waals surface area contributed by atoms with Crippen LogP contribution in [0.25, 0.3) is 0 Å². The SMILES string of the molecule is O=C(Nc1ccccc1F)c1ccsc1. The van der Waals surface area contributed by atoms with E-state index in [4.69, 9.17) is 0 Å². The molecule has 2 nitrogen and oxygen atoms in total. The number of rotatable bonds is 2. The Balaban J connectivity index is 2.17. The van der Waals surface area contributed by atoms with Gasteiger partial charge in [-0.25, -0.2) is 4.39 Å². The van der Waals surface area contributed by atoms with Crippen molar-refractivity contribution in [3.05, 3.63) is 52.5 Å². The summed E-state index contributed by atoms with van der Waals surface area (Å²) in [7, 11) is 0. The first-order chi connectivity index (χ1) is 7.27. The van der Waals surface area contributed by atoms with E-state index in [1.54, 1.807) is 29.0 Å². The number of halogens is 1. The van der Waals surface area contributed by atoms with Crippen molar-refractivity contribution in [2.75, 3.05) is 5.32 Å². The molecule has 76 valence electrons. The van der Waals surface area contributed by atoms with Crippen molar-refractivity contribution >= 4 is 22.9 Å². The van der Waals surface area contributed by atoms with E-state index >= 15 is 0 Å². The zero-order valence-electron chi connectivity index (χ0n) is 7.74. The van der Waals surface area contributed by atoms with Crippen molar-refractivity contribution < 1.29 is 9.18 Å². The molecule has 15 heavy (non-hydrogen) atoms. The molecule has 0 radical (unpaired) electrons. The van der Waals surface area contributed by atoms with Crippen molar-refractivity contribution in [2.45, 2.75) is 0 Å². The van der Waals surface area contributed by atoms with Gasteiger partial charge in [0.25, 0.3) is 5.91 Å². The van der Waals surface area contributed by atoms with Gasteiger partial charge in [0.05, 0.1) is 11.3 Å². The van der Waals surface area contributed by atoms with Gasteiger partial charge >= 0.3 is 0 Å². The Labute approximate surface area is 90.4 Å². The summed E-state index contributed by atoms with van der Waals surface area (Å²) < 4.78 is 13.2. The van der Waals surface area contributed by atoms with E-state index in [1.807, 2.05) is 0 Å². The van der Waals surface area contributed by atoms with Gasteiger partial charge in [0.2, 0.25) is 0 Å².